The number of hydrogen-bond acceptors (Lipinski definition) is 2. The number of aromatic hydroxyl groups is 1. The van der Waals surface area contributed by atoms with Gasteiger partial charge < -0.3 is 10.8 Å². The molecule has 3 rings (SSSR count). The number of aryl methyl sites for hydroxylation is 1. The second kappa shape index (κ2) is 3.85. The van der Waals surface area contributed by atoms with Crippen LogP contribution in [0, 0.1) is 6.92 Å². The molecule has 2 nitrogen and oxygen atoms in total. The number of phenols is 1. The Morgan fingerprint density at radius 2 is 1.94 bits per heavy atom. The minimum atomic E-state index is -0.264. The second-order valence-electron chi connectivity index (χ2n) is 5.26. The third-order valence-corrected chi connectivity index (χ3v) is 3.83. The van der Waals surface area contributed by atoms with Crippen molar-refractivity contribution in [3.05, 3.63) is 65.2 Å². The van der Waals surface area contributed by atoms with E-state index in [2.05, 4.69) is 31.2 Å². The Morgan fingerprint density at radius 1 is 1.17 bits per heavy atom. The molecule has 18 heavy (non-hydrogen) atoms. The van der Waals surface area contributed by atoms with Crippen LogP contribution in [0.25, 0.3) is 0 Å². The molecule has 3 N–H and O–H groups in total. The maximum absolute atomic E-state index is 9.53. The molecule has 1 aliphatic carbocycles. The first-order valence-electron chi connectivity index (χ1n) is 6.24. The summed E-state index contributed by atoms with van der Waals surface area (Å²) < 4.78 is 0. The molecule has 0 aromatic heterocycles. The fourth-order valence-corrected chi connectivity index (χ4v) is 2.69. The van der Waals surface area contributed by atoms with Gasteiger partial charge in [0.2, 0.25) is 0 Å². The summed E-state index contributed by atoms with van der Waals surface area (Å²) in [6.07, 6.45) is 0.944. The van der Waals surface area contributed by atoms with E-state index in [1.807, 2.05) is 18.2 Å². The average molecular weight is 239 g/mol. The Hall–Kier alpha value is -1.80. The van der Waals surface area contributed by atoms with Crippen LogP contribution in [0.5, 0.6) is 5.75 Å². The summed E-state index contributed by atoms with van der Waals surface area (Å²) in [5.74, 6) is 0.623. The minimum absolute atomic E-state index is 0.264. The summed E-state index contributed by atoms with van der Waals surface area (Å²) in [4.78, 5) is 0. The third kappa shape index (κ3) is 1.79. The lowest BCUT2D eigenvalue weighted by atomic mass is 9.98. The molecule has 2 heteroatoms. The molecule has 0 radical (unpaired) electrons. The van der Waals surface area contributed by atoms with Crippen molar-refractivity contribution in [2.24, 2.45) is 5.73 Å². The van der Waals surface area contributed by atoms with E-state index in [4.69, 9.17) is 5.73 Å². The number of benzene rings is 2. The monoisotopic (exact) mass is 239 g/mol. The Morgan fingerprint density at radius 3 is 2.67 bits per heavy atom. The van der Waals surface area contributed by atoms with Crippen molar-refractivity contribution in [2.45, 2.75) is 24.8 Å². The number of hydrogen-bond donors (Lipinski definition) is 2. The van der Waals surface area contributed by atoms with Gasteiger partial charge in [-0.25, -0.2) is 0 Å². The predicted molar refractivity (Wildman–Crippen MR) is 72.5 cm³/mol. The first-order chi connectivity index (χ1) is 8.59. The van der Waals surface area contributed by atoms with E-state index < -0.39 is 0 Å². The fraction of sp³-hybridized carbons (Fsp3) is 0.250. The zero-order valence-corrected chi connectivity index (χ0v) is 10.4. The van der Waals surface area contributed by atoms with E-state index in [9.17, 15) is 5.11 Å². The molecule has 1 fully saturated rings. The lowest BCUT2D eigenvalue weighted by Crippen LogP contribution is -2.21. The van der Waals surface area contributed by atoms with Crippen molar-refractivity contribution in [1.29, 1.82) is 0 Å². The van der Waals surface area contributed by atoms with E-state index in [0.717, 1.165) is 12.0 Å². The van der Waals surface area contributed by atoms with Gasteiger partial charge in [-0.15, -0.1) is 0 Å². The highest BCUT2D eigenvalue weighted by atomic mass is 16.3. The van der Waals surface area contributed by atoms with Gasteiger partial charge in [-0.05, 0) is 36.6 Å². The summed E-state index contributed by atoms with van der Waals surface area (Å²) in [7, 11) is 0. The molecule has 92 valence electrons. The van der Waals surface area contributed by atoms with Gasteiger partial charge in [0, 0.05) is 11.5 Å². The van der Waals surface area contributed by atoms with Crippen LogP contribution < -0.4 is 5.73 Å². The van der Waals surface area contributed by atoms with E-state index in [1.54, 1.807) is 6.07 Å². The van der Waals surface area contributed by atoms with Crippen molar-refractivity contribution >= 4 is 0 Å². The minimum Gasteiger partial charge on any atom is -0.508 e. The summed E-state index contributed by atoms with van der Waals surface area (Å²) in [6, 6.07) is 15.8. The van der Waals surface area contributed by atoms with Gasteiger partial charge in [0.15, 0.2) is 0 Å². The molecule has 0 aliphatic heterocycles. The first-order valence-corrected chi connectivity index (χ1v) is 6.24. The molecule has 1 saturated carbocycles. The van der Waals surface area contributed by atoms with Crippen molar-refractivity contribution in [3.63, 3.8) is 0 Å². The van der Waals surface area contributed by atoms with Crippen LogP contribution in [0.15, 0.2) is 48.5 Å². The second-order valence-corrected chi connectivity index (χ2v) is 5.26. The summed E-state index contributed by atoms with van der Waals surface area (Å²) >= 11 is 0. The fourth-order valence-electron chi connectivity index (χ4n) is 2.69. The molecule has 2 unspecified atom stereocenters. The van der Waals surface area contributed by atoms with Gasteiger partial charge in [0.05, 0.1) is 0 Å². The zero-order chi connectivity index (χ0) is 12.8. The largest absolute Gasteiger partial charge is 0.508 e. The number of nitrogens with two attached hydrogens (primary N) is 1. The lowest BCUT2D eigenvalue weighted by molar-refractivity contribution is 0.474. The van der Waals surface area contributed by atoms with Crippen LogP contribution in [-0.4, -0.2) is 5.11 Å². The average Bonchev–Trinajstić information content (AvgIpc) is 3.03. The van der Waals surface area contributed by atoms with E-state index in [1.165, 1.54) is 11.1 Å². The molecule has 0 amide bonds. The highest BCUT2D eigenvalue weighted by molar-refractivity contribution is 5.44. The Kier molecular flexibility index (Phi) is 2.42. The smallest absolute Gasteiger partial charge is 0.115 e. The van der Waals surface area contributed by atoms with Crippen LogP contribution in [0.3, 0.4) is 0 Å². The van der Waals surface area contributed by atoms with Crippen molar-refractivity contribution < 1.29 is 5.11 Å². The van der Waals surface area contributed by atoms with E-state index >= 15 is 0 Å². The quantitative estimate of drug-likeness (QED) is 0.846. The normalized spacial score (nSPS) is 26.0. The highest BCUT2D eigenvalue weighted by Gasteiger charge is 2.52. The molecule has 2 atom stereocenters. The first kappa shape index (κ1) is 11.3. The Labute approximate surface area is 107 Å². The molecule has 2 aromatic rings. The van der Waals surface area contributed by atoms with Gasteiger partial charge >= 0.3 is 0 Å². The van der Waals surface area contributed by atoms with Gasteiger partial charge in [-0.2, -0.15) is 0 Å². The molecule has 0 bridgehead atoms. The van der Waals surface area contributed by atoms with Crippen molar-refractivity contribution in [3.8, 4) is 5.75 Å². The molecular weight excluding hydrogens is 222 g/mol. The zero-order valence-electron chi connectivity index (χ0n) is 10.4. The molecular formula is C16H17NO. The van der Waals surface area contributed by atoms with Crippen molar-refractivity contribution in [1.82, 2.24) is 0 Å². The molecule has 0 heterocycles. The molecule has 1 aliphatic rings. The summed E-state index contributed by atoms with van der Waals surface area (Å²) in [5, 5.41) is 9.53. The van der Waals surface area contributed by atoms with Gasteiger partial charge in [-0.1, -0.05) is 42.0 Å². The highest BCUT2D eigenvalue weighted by Crippen LogP contribution is 2.56. The molecule has 2 aromatic carbocycles. The van der Waals surface area contributed by atoms with Crippen LogP contribution in [-0.2, 0) is 5.54 Å². The van der Waals surface area contributed by atoms with Gasteiger partial charge in [0.1, 0.15) is 5.75 Å². The van der Waals surface area contributed by atoms with Crippen LogP contribution in [0.2, 0.25) is 0 Å². The number of phenolic OH excluding ortho intramolecular Hbond substituents is 1. The predicted octanol–water partition coefficient (Wildman–Crippen LogP) is 3.04. The van der Waals surface area contributed by atoms with Crippen LogP contribution in [0.1, 0.15) is 29.0 Å². The standard InChI is InChI=1S/C16H17NO/c1-11-4-2-6-13(8-11)16(17)10-15(16)12-5-3-7-14(18)9-12/h2-9,15,18H,10,17H2,1H3. The van der Waals surface area contributed by atoms with E-state index in [-0.39, 0.29) is 5.54 Å². The molecule has 0 spiro atoms. The Bertz CT molecular complexity index is 593. The van der Waals surface area contributed by atoms with Crippen molar-refractivity contribution in [2.75, 3.05) is 0 Å². The third-order valence-electron chi connectivity index (χ3n) is 3.83. The summed E-state index contributed by atoms with van der Waals surface area (Å²) in [6.45, 7) is 2.08. The lowest BCUT2D eigenvalue weighted by Gasteiger charge is -2.13. The Balaban J connectivity index is 1.92. The van der Waals surface area contributed by atoms with Crippen LogP contribution in [0.4, 0.5) is 0 Å². The van der Waals surface area contributed by atoms with E-state index in [0.29, 0.717) is 11.7 Å². The summed E-state index contributed by atoms with van der Waals surface area (Å²) in [5.41, 5.74) is 9.77. The molecule has 0 saturated heterocycles. The topological polar surface area (TPSA) is 46.2 Å². The number of rotatable bonds is 2. The van der Waals surface area contributed by atoms with Gasteiger partial charge in [-0.3, -0.25) is 0 Å². The van der Waals surface area contributed by atoms with Crippen LogP contribution >= 0.6 is 0 Å². The maximum atomic E-state index is 9.53. The maximum Gasteiger partial charge on any atom is 0.115 e. The SMILES string of the molecule is Cc1cccc(C2(N)CC2c2cccc(O)c2)c1. The van der Waals surface area contributed by atoms with Gasteiger partial charge in [0.25, 0.3) is 0 Å².